The molecule has 4 aromatic rings. The number of halogens is 1. The first-order chi connectivity index (χ1) is 10.7. The van der Waals surface area contributed by atoms with Gasteiger partial charge in [-0.05, 0) is 52.3 Å². The van der Waals surface area contributed by atoms with Crippen LogP contribution in [-0.2, 0) is 0 Å². The average molecular weight is 356 g/mol. The summed E-state index contributed by atoms with van der Waals surface area (Å²) in [6.07, 6.45) is 3.28. The van der Waals surface area contributed by atoms with Crippen molar-refractivity contribution in [2.45, 2.75) is 0 Å². The minimum atomic E-state index is 0.552. The number of oxazole rings is 1. The summed E-state index contributed by atoms with van der Waals surface area (Å²) in [5, 5.41) is 7.60. The van der Waals surface area contributed by atoms with Crippen LogP contribution in [-0.4, -0.2) is 19.7 Å². The van der Waals surface area contributed by atoms with Crippen molar-refractivity contribution in [3.05, 3.63) is 53.5 Å². The van der Waals surface area contributed by atoms with E-state index in [1.54, 1.807) is 12.7 Å². The van der Waals surface area contributed by atoms with Gasteiger partial charge in [0.1, 0.15) is 18.2 Å². The van der Waals surface area contributed by atoms with Gasteiger partial charge in [-0.25, -0.2) is 4.98 Å². The normalized spacial score (nSPS) is 11.1. The van der Waals surface area contributed by atoms with Gasteiger partial charge in [0, 0.05) is 15.7 Å². The van der Waals surface area contributed by atoms with E-state index in [0.29, 0.717) is 11.6 Å². The van der Waals surface area contributed by atoms with Crippen molar-refractivity contribution in [2.75, 3.05) is 5.73 Å². The van der Waals surface area contributed by atoms with Crippen LogP contribution in [0.3, 0.4) is 0 Å². The molecule has 6 nitrogen and oxygen atoms in total. The van der Waals surface area contributed by atoms with Crippen LogP contribution >= 0.6 is 15.9 Å². The summed E-state index contributed by atoms with van der Waals surface area (Å²) in [5.74, 6) is 0.552. The van der Waals surface area contributed by atoms with Gasteiger partial charge in [-0.3, -0.25) is 4.57 Å². The Kier molecular flexibility index (Phi) is 2.93. The van der Waals surface area contributed by atoms with Gasteiger partial charge in [-0.2, -0.15) is 0 Å². The molecule has 0 atom stereocenters. The zero-order chi connectivity index (χ0) is 15.1. The summed E-state index contributed by atoms with van der Waals surface area (Å²) >= 11 is 3.41. The first kappa shape index (κ1) is 13.0. The molecule has 22 heavy (non-hydrogen) atoms. The van der Waals surface area contributed by atoms with Crippen LogP contribution in [0.2, 0.25) is 0 Å². The molecule has 2 N–H and O–H groups in total. The molecule has 0 aliphatic carbocycles. The molecule has 2 aromatic carbocycles. The molecule has 2 aromatic heterocycles. The quantitative estimate of drug-likeness (QED) is 0.557. The van der Waals surface area contributed by atoms with Crippen molar-refractivity contribution in [3.8, 4) is 17.1 Å². The minimum absolute atomic E-state index is 0.552. The number of benzene rings is 2. The summed E-state index contributed by atoms with van der Waals surface area (Å²) in [7, 11) is 0. The molecule has 0 fully saturated rings. The van der Waals surface area contributed by atoms with Gasteiger partial charge in [0.2, 0.25) is 5.89 Å². The third kappa shape index (κ3) is 2.15. The van der Waals surface area contributed by atoms with E-state index in [-0.39, 0.29) is 0 Å². The number of rotatable bonds is 2. The molecule has 0 aliphatic rings. The van der Waals surface area contributed by atoms with E-state index in [9.17, 15) is 0 Å². The first-order valence-electron chi connectivity index (χ1n) is 6.52. The molecule has 0 aliphatic heterocycles. The van der Waals surface area contributed by atoms with Gasteiger partial charge >= 0.3 is 0 Å². The van der Waals surface area contributed by atoms with E-state index in [2.05, 4.69) is 31.1 Å². The predicted molar refractivity (Wildman–Crippen MR) is 86.5 cm³/mol. The van der Waals surface area contributed by atoms with Crippen LogP contribution in [0, 0.1) is 0 Å². The van der Waals surface area contributed by atoms with Crippen molar-refractivity contribution >= 4 is 32.7 Å². The number of hydrogen-bond donors (Lipinski definition) is 1. The van der Waals surface area contributed by atoms with Crippen molar-refractivity contribution < 1.29 is 4.42 Å². The molecule has 0 bridgehead atoms. The maximum absolute atomic E-state index is 5.81. The molecule has 0 amide bonds. The zero-order valence-electron chi connectivity index (χ0n) is 11.3. The van der Waals surface area contributed by atoms with Crippen LogP contribution in [0.4, 0.5) is 5.69 Å². The van der Waals surface area contributed by atoms with Crippen LogP contribution < -0.4 is 5.73 Å². The minimum Gasteiger partial charge on any atom is -0.436 e. The molecule has 4 rings (SSSR count). The number of aromatic nitrogens is 4. The van der Waals surface area contributed by atoms with E-state index in [1.165, 1.54) is 0 Å². The SMILES string of the molecule is Nc1ccc(-c2nc3cc(-n4cnnc4)ccc3o2)cc1Br. The van der Waals surface area contributed by atoms with Gasteiger partial charge in [0.25, 0.3) is 0 Å². The van der Waals surface area contributed by atoms with Crippen molar-refractivity contribution in [3.63, 3.8) is 0 Å². The smallest absolute Gasteiger partial charge is 0.227 e. The highest BCUT2D eigenvalue weighted by Gasteiger charge is 2.10. The number of nitrogens with zero attached hydrogens (tertiary/aromatic N) is 4. The highest BCUT2D eigenvalue weighted by molar-refractivity contribution is 9.10. The number of anilines is 1. The molecule has 2 heterocycles. The van der Waals surface area contributed by atoms with Crippen LogP contribution in [0.5, 0.6) is 0 Å². The lowest BCUT2D eigenvalue weighted by molar-refractivity contribution is 0.620. The van der Waals surface area contributed by atoms with Crippen molar-refractivity contribution in [1.82, 2.24) is 19.7 Å². The fourth-order valence-corrected chi connectivity index (χ4v) is 2.57. The summed E-state index contributed by atoms with van der Waals surface area (Å²) in [6, 6.07) is 11.3. The lowest BCUT2D eigenvalue weighted by atomic mass is 10.2. The molecule has 0 saturated carbocycles. The summed E-state index contributed by atoms with van der Waals surface area (Å²) in [6.45, 7) is 0. The Hall–Kier alpha value is -2.67. The van der Waals surface area contributed by atoms with Crippen LogP contribution in [0.25, 0.3) is 28.2 Å². The third-order valence-electron chi connectivity index (χ3n) is 3.34. The van der Waals surface area contributed by atoms with Crippen molar-refractivity contribution in [1.29, 1.82) is 0 Å². The Morgan fingerprint density at radius 2 is 1.86 bits per heavy atom. The molecule has 7 heteroatoms. The number of fused-ring (bicyclic) bond motifs is 1. The summed E-state index contributed by atoms with van der Waals surface area (Å²) in [5.41, 5.74) is 9.76. The maximum atomic E-state index is 5.81. The second-order valence-corrected chi connectivity index (χ2v) is 5.63. The fraction of sp³-hybridized carbons (Fsp3) is 0. The van der Waals surface area contributed by atoms with E-state index in [1.807, 2.05) is 41.0 Å². The lowest BCUT2D eigenvalue weighted by Gasteiger charge is -1.99. The van der Waals surface area contributed by atoms with Gasteiger partial charge in [0.05, 0.1) is 5.69 Å². The highest BCUT2D eigenvalue weighted by Crippen LogP contribution is 2.29. The Bertz CT molecular complexity index is 961. The standard InChI is InChI=1S/C15H10BrN5O/c16-11-5-9(1-3-12(11)17)15-20-13-6-10(2-4-14(13)22-15)21-7-18-19-8-21/h1-8H,17H2. The van der Waals surface area contributed by atoms with E-state index in [0.717, 1.165) is 26.8 Å². The first-order valence-corrected chi connectivity index (χ1v) is 7.31. The number of hydrogen-bond acceptors (Lipinski definition) is 5. The number of nitrogens with two attached hydrogens (primary N) is 1. The molecule has 0 saturated heterocycles. The highest BCUT2D eigenvalue weighted by atomic mass is 79.9. The topological polar surface area (TPSA) is 82.8 Å². The molecule has 0 unspecified atom stereocenters. The lowest BCUT2D eigenvalue weighted by Crippen LogP contribution is -1.89. The Morgan fingerprint density at radius 1 is 1.05 bits per heavy atom. The molecule has 0 radical (unpaired) electrons. The molecule has 0 spiro atoms. The molecule has 108 valence electrons. The van der Waals surface area contributed by atoms with E-state index >= 15 is 0 Å². The van der Waals surface area contributed by atoms with Crippen LogP contribution in [0.15, 0.2) is 57.9 Å². The van der Waals surface area contributed by atoms with E-state index in [4.69, 9.17) is 10.2 Å². The second-order valence-electron chi connectivity index (χ2n) is 4.78. The van der Waals surface area contributed by atoms with Gasteiger partial charge < -0.3 is 10.2 Å². The third-order valence-corrected chi connectivity index (χ3v) is 4.02. The van der Waals surface area contributed by atoms with Gasteiger partial charge in [0.15, 0.2) is 5.58 Å². The Labute approximate surface area is 133 Å². The average Bonchev–Trinajstić information content (AvgIpc) is 3.17. The van der Waals surface area contributed by atoms with Gasteiger partial charge in [-0.15, -0.1) is 10.2 Å². The summed E-state index contributed by atoms with van der Waals surface area (Å²) in [4.78, 5) is 4.54. The van der Waals surface area contributed by atoms with Crippen LogP contribution in [0.1, 0.15) is 0 Å². The monoisotopic (exact) mass is 355 g/mol. The number of nitrogen functional groups attached to an aromatic ring is 1. The zero-order valence-corrected chi connectivity index (χ0v) is 12.9. The maximum Gasteiger partial charge on any atom is 0.227 e. The molecular formula is C15H10BrN5O. The van der Waals surface area contributed by atoms with Gasteiger partial charge in [-0.1, -0.05) is 0 Å². The second kappa shape index (κ2) is 4.96. The Balaban J connectivity index is 1.81. The fourth-order valence-electron chi connectivity index (χ4n) is 2.19. The molecular weight excluding hydrogens is 346 g/mol. The van der Waals surface area contributed by atoms with Crippen molar-refractivity contribution in [2.24, 2.45) is 0 Å². The van der Waals surface area contributed by atoms with E-state index < -0.39 is 0 Å². The Morgan fingerprint density at radius 3 is 2.64 bits per heavy atom. The summed E-state index contributed by atoms with van der Waals surface area (Å²) < 4.78 is 8.44. The predicted octanol–water partition coefficient (Wildman–Crippen LogP) is 3.42. The largest absolute Gasteiger partial charge is 0.436 e.